The smallest absolute Gasteiger partial charge is 0.140 e. The lowest BCUT2D eigenvalue weighted by Gasteiger charge is -2.02. The molecule has 0 amide bonds. The first-order valence-electron chi connectivity index (χ1n) is 5.84. The normalized spacial score (nSPS) is 10.6. The third-order valence-corrected chi connectivity index (χ3v) is 3.56. The van der Waals surface area contributed by atoms with Gasteiger partial charge in [-0.3, -0.25) is 0 Å². The first-order chi connectivity index (χ1) is 9.19. The Hall–Kier alpha value is -2.31. The minimum absolute atomic E-state index is 0.609. The van der Waals surface area contributed by atoms with Crippen LogP contribution in [0, 0.1) is 18.3 Å². The number of aromatic nitrogens is 2. The number of imidazole rings is 1. The van der Waals surface area contributed by atoms with Gasteiger partial charge >= 0.3 is 0 Å². The van der Waals surface area contributed by atoms with Gasteiger partial charge in [-0.1, -0.05) is 23.7 Å². The van der Waals surface area contributed by atoms with E-state index < -0.39 is 0 Å². The van der Waals surface area contributed by atoms with Gasteiger partial charge < -0.3 is 4.98 Å². The number of H-pyrrole nitrogens is 1. The Morgan fingerprint density at radius 3 is 2.89 bits per heavy atom. The van der Waals surface area contributed by atoms with Crippen molar-refractivity contribution in [2.24, 2.45) is 0 Å². The molecular weight excluding hydrogens is 258 g/mol. The molecule has 0 aliphatic rings. The summed E-state index contributed by atoms with van der Waals surface area (Å²) in [6, 6.07) is 13.3. The average molecular weight is 268 g/mol. The van der Waals surface area contributed by atoms with E-state index in [9.17, 15) is 0 Å². The number of aryl methyl sites for hydroxylation is 1. The minimum Gasteiger partial charge on any atom is -0.338 e. The summed E-state index contributed by atoms with van der Waals surface area (Å²) >= 11 is 6.30. The summed E-state index contributed by atoms with van der Waals surface area (Å²) in [6.45, 7) is 1.96. The zero-order valence-electron chi connectivity index (χ0n) is 10.2. The monoisotopic (exact) mass is 267 g/mol. The summed E-state index contributed by atoms with van der Waals surface area (Å²) in [7, 11) is 0. The molecule has 0 atom stereocenters. The van der Waals surface area contributed by atoms with Crippen LogP contribution in [0.2, 0.25) is 5.02 Å². The lowest BCUT2D eigenvalue weighted by Crippen LogP contribution is -1.84. The van der Waals surface area contributed by atoms with Crippen LogP contribution >= 0.6 is 11.6 Å². The zero-order chi connectivity index (χ0) is 13.4. The van der Waals surface area contributed by atoms with E-state index >= 15 is 0 Å². The molecule has 1 aromatic heterocycles. The second-order valence-electron chi connectivity index (χ2n) is 4.37. The maximum absolute atomic E-state index is 8.90. The number of nitrogens with one attached hydrogen (secondary N) is 1. The van der Waals surface area contributed by atoms with Gasteiger partial charge in [0, 0.05) is 5.56 Å². The van der Waals surface area contributed by atoms with E-state index in [0.717, 1.165) is 28.0 Å². The highest BCUT2D eigenvalue weighted by molar-refractivity contribution is 6.34. The van der Waals surface area contributed by atoms with Gasteiger partial charge in [0.25, 0.3) is 0 Å². The Morgan fingerprint density at radius 2 is 2.11 bits per heavy atom. The molecule has 4 heteroatoms. The second kappa shape index (κ2) is 4.42. The van der Waals surface area contributed by atoms with E-state index in [1.54, 1.807) is 12.1 Å². The van der Waals surface area contributed by atoms with Gasteiger partial charge in [-0.05, 0) is 36.8 Å². The summed E-state index contributed by atoms with van der Waals surface area (Å²) in [4.78, 5) is 7.72. The Morgan fingerprint density at radius 1 is 1.26 bits per heavy atom. The van der Waals surface area contributed by atoms with Gasteiger partial charge in [-0.15, -0.1) is 0 Å². The quantitative estimate of drug-likeness (QED) is 0.723. The highest BCUT2D eigenvalue weighted by Gasteiger charge is 2.10. The molecule has 0 aliphatic carbocycles. The van der Waals surface area contributed by atoms with Crippen molar-refractivity contribution in [3.8, 4) is 17.5 Å². The number of benzene rings is 2. The van der Waals surface area contributed by atoms with Gasteiger partial charge in [0.1, 0.15) is 5.82 Å². The number of nitriles is 1. The Bertz CT molecular complexity index is 812. The van der Waals surface area contributed by atoms with E-state index in [0.29, 0.717) is 10.6 Å². The molecule has 0 aliphatic heterocycles. The van der Waals surface area contributed by atoms with Crippen molar-refractivity contribution in [2.75, 3.05) is 0 Å². The topological polar surface area (TPSA) is 52.5 Å². The Balaban J connectivity index is 2.21. The van der Waals surface area contributed by atoms with Crippen molar-refractivity contribution in [3.05, 3.63) is 52.5 Å². The fraction of sp³-hybridized carbons (Fsp3) is 0.0667. The molecule has 1 N–H and O–H groups in total. The standard InChI is InChI=1S/C15H10ClN3/c1-9-3-2-4-11(14(9)16)15-18-12-6-5-10(8-17)7-13(12)19-15/h2-7H,1H3,(H,18,19). The molecule has 0 bridgehead atoms. The Kier molecular flexibility index (Phi) is 2.73. The van der Waals surface area contributed by atoms with Gasteiger partial charge in [0.2, 0.25) is 0 Å². The molecule has 0 saturated carbocycles. The first-order valence-corrected chi connectivity index (χ1v) is 6.22. The van der Waals surface area contributed by atoms with E-state index in [4.69, 9.17) is 16.9 Å². The predicted octanol–water partition coefficient (Wildman–Crippen LogP) is 4.06. The number of aromatic amines is 1. The van der Waals surface area contributed by atoms with Crippen LogP contribution in [0.5, 0.6) is 0 Å². The lowest BCUT2D eigenvalue weighted by atomic mass is 10.1. The highest BCUT2D eigenvalue weighted by Crippen LogP contribution is 2.29. The SMILES string of the molecule is Cc1cccc(-c2nc3ccc(C#N)cc3[nH]2)c1Cl. The van der Waals surface area contributed by atoms with Crippen molar-refractivity contribution in [1.82, 2.24) is 9.97 Å². The number of halogens is 1. The maximum atomic E-state index is 8.90. The third-order valence-electron chi connectivity index (χ3n) is 3.06. The molecule has 0 unspecified atom stereocenters. The highest BCUT2D eigenvalue weighted by atomic mass is 35.5. The molecule has 0 spiro atoms. The van der Waals surface area contributed by atoms with E-state index in [1.807, 2.05) is 31.2 Å². The van der Waals surface area contributed by atoms with Crippen molar-refractivity contribution < 1.29 is 0 Å². The zero-order valence-corrected chi connectivity index (χ0v) is 11.0. The predicted molar refractivity (Wildman–Crippen MR) is 76.0 cm³/mol. The molecule has 3 rings (SSSR count). The first kappa shape index (κ1) is 11.8. The molecule has 2 aromatic carbocycles. The maximum Gasteiger partial charge on any atom is 0.140 e. The molecule has 1 heterocycles. The van der Waals surface area contributed by atoms with Crippen LogP contribution < -0.4 is 0 Å². The summed E-state index contributed by atoms with van der Waals surface area (Å²) in [5.74, 6) is 0.721. The van der Waals surface area contributed by atoms with E-state index in [2.05, 4.69) is 16.0 Å². The van der Waals surface area contributed by atoms with Crippen LogP contribution in [-0.2, 0) is 0 Å². The summed E-state index contributed by atoms with van der Waals surface area (Å²) in [6.07, 6.45) is 0. The average Bonchev–Trinajstić information content (AvgIpc) is 2.84. The van der Waals surface area contributed by atoms with Crippen molar-refractivity contribution in [3.63, 3.8) is 0 Å². The van der Waals surface area contributed by atoms with Crippen LogP contribution in [0.4, 0.5) is 0 Å². The van der Waals surface area contributed by atoms with Crippen LogP contribution in [-0.4, -0.2) is 9.97 Å². The second-order valence-corrected chi connectivity index (χ2v) is 4.74. The molecule has 19 heavy (non-hydrogen) atoms. The molecule has 92 valence electrons. The van der Waals surface area contributed by atoms with E-state index in [1.165, 1.54) is 0 Å². The van der Waals surface area contributed by atoms with Gasteiger partial charge in [-0.25, -0.2) is 4.98 Å². The van der Waals surface area contributed by atoms with Crippen LogP contribution in [0.25, 0.3) is 22.4 Å². The Labute approximate surface area is 115 Å². The third kappa shape index (κ3) is 1.96. The number of hydrogen-bond acceptors (Lipinski definition) is 2. The number of hydrogen-bond donors (Lipinski definition) is 1. The summed E-state index contributed by atoms with van der Waals surface area (Å²) < 4.78 is 0. The van der Waals surface area contributed by atoms with Crippen molar-refractivity contribution >= 4 is 22.6 Å². The fourth-order valence-corrected chi connectivity index (χ4v) is 2.25. The molecular formula is C15H10ClN3. The molecule has 3 nitrogen and oxygen atoms in total. The number of nitrogens with zero attached hydrogens (tertiary/aromatic N) is 2. The van der Waals surface area contributed by atoms with Crippen molar-refractivity contribution in [1.29, 1.82) is 5.26 Å². The van der Waals surface area contributed by atoms with Gasteiger partial charge in [0.05, 0.1) is 27.7 Å². The van der Waals surface area contributed by atoms with Crippen LogP contribution in [0.3, 0.4) is 0 Å². The van der Waals surface area contributed by atoms with Crippen molar-refractivity contribution in [2.45, 2.75) is 6.92 Å². The van der Waals surface area contributed by atoms with Crippen LogP contribution in [0.1, 0.15) is 11.1 Å². The minimum atomic E-state index is 0.609. The number of fused-ring (bicyclic) bond motifs is 1. The van der Waals surface area contributed by atoms with Gasteiger partial charge in [0.15, 0.2) is 0 Å². The fourth-order valence-electron chi connectivity index (χ4n) is 2.04. The van der Waals surface area contributed by atoms with Gasteiger partial charge in [-0.2, -0.15) is 5.26 Å². The van der Waals surface area contributed by atoms with Crippen LogP contribution in [0.15, 0.2) is 36.4 Å². The largest absolute Gasteiger partial charge is 0.338 e. The molecule has 0 fully saturated rings. The number of rotatable bonds is 1. The molecule has 3 aromatic rings. The summed E-state index contributed by atoms with van der Waals surface area (Å²) in [5, 5.41) is 9.59. The molecule has 0 radical (unpaired) electrons. The lowest BCUT2D eigenvalue weighted by molar-refractivity contribution is 1.32. The van der Waals surface area contributed by atoms with E-state index in [-0.39, 0.29) is 0 Å². The summed E-state index contributed by atoms with van der Waals surface area (Å²) in [5.41, 5.74) is 4.16. The molecule has 0 saturated heterocycles.